The van der Waals surface area contributed by atoms with E-state index in [-0.39, 0.29) is 17.4 Å². The Bertz CT molecular complexity index is 700. The zero-order valence-corrected chi connectivity index (χ0v) is 12.1. The largest absolute Gasteiger partial charge is 0.378 e. The first-order valence-electron chi connectivity index (χ1n) is 6.95. The van der Waals surface area contributed by atoms with Crippen molar-refractivity contribution in [2.45, 2.75) is 25.7 Å². The van der Waals surface area contributed by atoms with Crippen LogP contribution in [0.5, 0.6) is 0 Å². The third-order valence-electron chi connectivity index (χ3n) is 3.67. The lowest BCUT2D eigenvalue weighted by atomic mass is 9.98. The van der Waals surface area contributed by atoms with E-state index >= 15 is 0 Å². The Morgan fingerprint density at radius 3 is 2.95 bits per heavy atom. The minimum atomic E-state index is -0.589. The summed E-state index contributed by atoms with van der Waals surface area (Å²) in [6.45, 7) is 3.29. The summed E-state index contributed by atoms with van der Waals surface area (Å²) in [6, 6.07) is 0. The number of nitrogen functional groups attached to an aromatic ring is 1. The van der Waals surface area contributed by atoms with Crippen LogP contribution in [0.15, 0.2) is 6.20 Å². The van der Waals surface area contributed by atoms with Crippen LogP contribution in [0.2, 0.25) is 0 Å². The molecule has 1 fully saturated rings. The van der Waals surface area contributed by atoms with E-state index in [0.29, 0.717) is 12.5 Å². The molecule has 1 aliphatic heterocycles. The molecule has 0 amide bonds. The number of nitrogens with zero attached hydrogens (tertiary/aromatic N) is 6. The molecule has 0 aliphatic carbocycles. The van der Waals surface area contributed by atoms with Gasteiger partial charge in [-0.2, -0.15) is 10.1 Å². The van der Waals surface area contributed by atoms with Crippen LogP contribution in [0, 0.1) is 17.0 Å². The number of nitro groups is 1. The van der Waals surface area contributed by atoms with Crippen molar-refractivity contribution in [2.24, 2.45) is 0 Å². The molecule has 1 unspecified atom stereocenters. The van der Waals surface area contributed by atoms with E-state index < -0.39 is 4.92 Å². The normalized spacial score (nSPS) is 18.4. The molecule has 2 aromatic heterocycles. The maximum absolute atomic E-state index is 10.8. The second-order valence-corrected chi connectivity index (χ2v) is 5.26. The molecule has 10 nitrogen and oxygen atoms in total. The molecule has 0 radical (unpaired) electrons. The average molecular weight is 304 g/mol. The molecule has 0 spiro atoms. The lowest BCUT2D eigenvalue weighted by molar-refractivity contribution is -0.384. The molecule has 0 aromatic carbocycles. The molecule has 1 saturated heterocycles. The fourth-order valence-electron chi connectivity index (χ4n) is 2.58. The number of piperidine rings is 1. The lowest BCUT2D eigenvalue weighted by Gasteiger charge is -2.31. The molecule has 0 bridgehead atoms. The van der Waals surface area contributed by atoms with Crippen LogP contribution in [0.4, 0.5) is 17.5 Å². The number of aryl methyl sites for hydroxylation is 1. The van der Waals surface area contributed by atoms with E-state index in [0.717, 1.165) is 37.2 Å². The minimum Gasteiger partial charge on any atom is -0.378 e. The summed E-state index contributed by atoms with van der Waals surface area (Å²) in [6.07, 6.45) is 3.08. The monoisotopic (exact) mass is 304 g/mol. The van der Waals surface area contributed by atoms with Crippen LogP contribution in [-0.2, 0) is 0 Å². The number of nitrogens with one attached hydrogen (secondary N) is 1. The predicted molar refractivity (Wildman–Crippen MR) is 78.4 cm³/mol. The molecular formula is C12H16N8O2. The van der Waals surface area contributed by atoms with E-state index in [1.165, 1.54) is 0 Å². The highest BCUT2D eigenvalue weighted by atomic mass is 16.6. The maximum Gasteiger partial charge on any atom is 0.329 e. The summed E-state index contributed by atoms with van der Waals surface area (Å²) >= 11 is 0. The van der Waals surface area contributed by atoms with Crippen LogP contribution in [0.1, 0.15) is 30.4 Å². The molecule has 116 valence electrons. The van der Waals surface area contributed by atoms with Gasteiger partial charge < -0.3 is 10.6 Å². The van der Waals surface area contributed by atoms with Gasteiger partial charge in [0.1, 0.15) is 12.0 Å². The van der Waals surface area contributed by atoms with Crippen molar-refractivity contribution < 1.29 is 4.92 Å². The first-order valence-corrected chi connectivity index (χ1v) is 6.95. The number of anilines is 2. The molecule has 10 heteroatoms. The van der Waals surface area contributed by atoms with Gasteiger partial charge in [-0.3, -0.25) is 15.2 Å². The zero-order valence-electron chi connectivity index (χ0n) is 12.1. The molecule has 0 saturated carbocycles. The smallest absolute Gasteiger partial charge is 0.329 e. The molecule has 3 rings (SSSR count). The summed E-state index contributed by atoms with van der Waals surface area (Å²) < 4.78 is 0. The highest BCUT2D eigenvalue weighted by Gasteiger charge is 2.27. The van der Waals surface area contributed by atoms with Gasteiger partial charge in [-0.1, -0.05) is 0 Å². The Kier molecular flexibility index (Phi) is 3.57. The minimum absolute atomic E-state index is 0.120. The molecule has 22 heavy (non-hydrogen) atoms. The lowest BCUT2D eigenvalue weighted by Crippen LogP contribution is -2.36. The van der Waals surface area contributed by atoms with Gasteiger partial charge in [0.25, 0.3) is 0 Å². The molecule has 3 N–H and O–H groups in total. The number of aromatic nitrogens is 5. The summed E-state index contributed by atoms with van der Waals surface area (Å²) in [5.74, 6) is 2.02. The number of rotatable bonds is 3. The van der Waals surface area contributed by atoms with Crippen molar-refractivity contribution in [1.82, 2.24) is 25.1 Å². The summed E-state index contributed by atoms with van der Waals surface area (Å²) in [5.41, 5.74) is 5.35. The SMILES string of the molecule is Cc1nc(C2CCCN(c3ncc([N+](=O)[O-])c(N)n3)C2)n[nH]1. The van der Waals surface area contributed by atoms with E-state index in [2.05, 4.69) is 25.1 Å². The molecule has 1 atom stereocenters. The van der Waals surface area contributed by atoms with E-state index in [1.54, 1.807) is 0 Å². The van der Waals surface area contributed by atoms with Crippen LogP contribution >= 0.6 is 0 Å². The van der Waals surface area contributed by atoms with Gasteiger partial charge in [-0.05, 0) is 19.8 Å². The zero-order chi connectivity index (χ0) is 15.7. The Morgan fingerprint density at radius 2 is 2.32 bits per heavy atom. The molecule has 2 aromatic rings. The standard InChI is InChI=1S/C12H16N8O2/c1-7-15-11(18-17-7)8-3-2-4-19(6-8)12-14-5-9(20(21)22)10(13)16-12/h5,8H,2-4,6H2,1H3,(H2,13,14,16)(H,15,17,18). The molecule has 1 aliphatic rings. The quantitative estimate of drug-likeness (QED) is 0.626. The van der Waals surface area contributed by atoms with Gasteiger partial charge in [0.15, 0.2) is 5.82 Å². The Labute approximate surface area is 125 Å². The number of nitrogens with two attached hydrogens (primary N) is 1. The van der Waals surface area contributed by atoms with Crippen molar-refractivity contribution in [3.63, 3.8) is 0 Å². The van der Waals surface area contributed by atoms with Gasteiger partial charge in [-0.25, -0.2) is 9.97 Å². The van der Waals surface area contributed by atoms with Gasteiger partial charge in [0, 0.05) is 19.0 Å². The van der Waals surface area contributed by atoms with Crippen molar-refractivity contribution in [2.75, 3.05) is 23.7 Å². The first-order chi connectivity index (χ1) is 10.5. The highest BCUT2D eigenvalue weighted by Crippen LogP contribution is 2.28. The predicted octanol–water partition coefficient (Wildman–Crippen LogP) is 0.778. The van der Waals surface area contributed by atoms with Crippen LogP contribution in [0.3, 0.4) is 0 Å². The fraction of sp³-hybridized carbons (Fsp3) is 0.500. The Morgan fingerprint density at radius 1 is 1.50 bits per heavy atom. The number of H-pyrrole nitrogens is 1. The van der Waals surface area contributed by atoms with Crippen molar-refractivity contribution in [1.29, 1.82) is 0 Å². The summed E-state index contributed by atoms with van der Waals surface area (Å²) in [7, 11) is 0. The van der Waals surface area contributed by atoms with Gasteiger partial charge in [0.2, 0.25) is 11.8 Å². The number of hydrogen-bond donors (Lipinski definition) is 2. The van der Waals surface area contributed by atoms with Gasteiger partial charge in [0.05, 0.1) is 4.92 Å². The van der Waals surface area contributed by atoms with Crippen LogP contribution in [-0.4, -0.2) is 43.2 Å². The molecule has 3 heterocycles. The average Bonchev–Trinajstić information content (AvgIpc) is 2.93. The van der Waals surface area contributed by atoms with E-state index in [1.807, 2.05) is 11.8 Å². The van der Waals surface area contributed by atoms with E-state index in [4.69, 9.17) is 5.73 Å². The fourth-order valence-corrected chi connectivity index (χ4v) is 2.58. The second-order valence-electron chi connectivity index (χ2n) is 5.26. The van der Waals surface area contributed by atoms with Crippen molar-refractivity contribution in [3.05, 3.63) is 28.0 Å². The van der Waals surface area contributed by atoms with Crippen LogP contribution < -0.4 is 10.6 Å². The second kappa shape index (κ2) is 5.54. The summed E-state index contributed by atoms with van der Waals surface area (Å²) in [4.78, 5) is 24.6. The number of aromatic amines is 1. The van der Waals surface area contributed by atoms with Gasteiger partial charge in [-0.15, -0.1) is 0 Å². The third kappa shape index (κ3) is 2.67. The first kappa shape index (κ1) is 14.2. The molecular weight excluding hydrogens is 288 g/mol. The van der Waals surface area contributed by atoms with Crippen molar-refractivity contribution in [3.8, 4) is 0 Å². The topological polar surface area (TPSA) is 140 Å². The maximum atomic E-state index is 10.8. The highest BCUT2D eigenvalue weighted by molar-refractivity contribution is 5.54. The third-order valence-corrected chi connectivity index (χ3v) is 3.67. The van der Waals surface area contributed by atoms with Crippen LogP contribution in [0.25, 0.3) is 0 Å². The number of hydrogen-bond acceptors (Lipinski definition) is 8. The van der Waals surface area contributed by atoms with Crippen molar-refractivity contribution >= 4 is 17.5 Å². The summed E-state index contributed by atoms with van der Waals surface area (Å²) in [5, 5.41) is 17.8. The van der Waals surface area contributed by atoms with E-state index in [9.17, 15) is 10.1 Å². The van der Waals surface area contributed by atoms with Gasteiger partial charge >= 0.3 is 5.69 Å². The Balaban J connectivity index is 1.80. The Hall–Kier alpha value is -2.78.